The molecule has 0 saturated carbocycles. The smallest absolute Gasteiger partial charge is 0.266 e. The molecule has 2 rings (SSSR count). The van der Waals surface area contributed by atoms with Gasteiger partial charge in [-0.3, -0.25) is 4.79 Å². The second-order valence-electron chi connectivity index (χ2n) is 3.78. The lowest BCUT2D eigenvalue weighted by Crippen LogP contribution is -2.22. The summed E-state index contributed by atoms with van der Waals surface area (Å²) in [6.45, 7) is 2.62. The molecule has 0 aliphatic heterocycles. The molecule has 0 aliphatic carbocycles. The molecule has 0 saturated heterocycles. The van der Waals surface area contributed by atoms with E-state index in [0.29, 0.717) is 6.54 Å². The van der Waals surface area contributed by atoms with Gasteiger partial charge in [0.05, 0.1) is 12.2 Å². The van der Waals surface area contributed by atoms with Crippen molar-refractivity contribution < 1.29 is 0 Å². The number of alkyl halides is 1. The van der Waals surface area contributed by atoms with Crippen LogP contribution in [0.4, 0.5) is 0 Å². The molecule has 0 aliphatic rings. The number of rotatable bonds is 3. The Morgan fingerprint density at radius 2 is 2.00 bits per heavy atom. The number of halogens is 1. The lowest BCUT2D eigenvalue weighted by molar-refractivity contribution is 0.627. The number of aromatic nitrogens is 2. The molecule has 0 spiro atoms. The number of benzene rings is 1. The zero-order valence-electron chi connectivity index (χ0n) is 9.56. The first-order valence-corrected chi connectivity index (χ1v) is 6.54. The SMILES string of the molecule is Cc1ccccc1-c1ccc(=O)n(CCBr)n1. The Balaban J connectivity index is 2.50. The summed E-state index contributed by atoms with van der Waals surface area (Å²) in [7, 11) is 0. The third kappa shape index (κ3) is 2.64. The first-order chi connectivity index (χ1) is 8.22. The zero-order valence-corrected chi connectivity index (χ0v) is 11.1. The minimum Gasteiger partial charge on any atom is -0.268 e. The largest absolute Gasteiger partial charge is 0.268 e. The third-order valence-corrected chi connectivity index (χ3v) is 2.94. The van der Waals surface area contributed by atoms with Crippen LogP contribution in [0, 0.1) is 6.92 Å². The van der Waals surface area contributed by atoms with Crippen molar-refractivity contribution in [2.75, 3.05) is 5.33 Å². The average molecular weight is 293 g/mol. The van der Waals surface area contributed by atoms with Crippen molar-refractivity contribution in [1.29, 1.82) is 0 Å². The van der Waals surface area contributed by atoms with E-state index >= 15 is 0 Å². The van der Waals surface area contributed by atoms with Crippen LogP contribution >= 0.6 is 15.9 Å². The van der Waals surface area contributed by atoms with Crippen molar-refractivity contribution in [1.82, 2.24) is 9.78 Å². The molecule has 0 fully saturated rings. The topological polar surface area (TPSA) is 34.9 Å². The van der Waals surface area contributed by atoms with Gasteiger partial charge in [0, 0.05) is 17.0 Å². The van der Waals surface area contributed by atoms with E-state index in [-0.39, 0.29) is 5.56 Å². The predicted octanol–water partition coefficient (Wildman–Crippen LogP) is 2.61. The fourth-order valence-electron chi connectivity index (χ4n) is 1.69. The van der Waals surface area contributed by atoms with Crippen LogP contribution in [0.2, 0.25) is 0 Å². The monoisotopic (exact) mass is 292 g/mol. The molecular weight excluding hydrogens is 280 g/mol. The maximum atomic E-state index is 11.6. The van der Waals surface area contributed by atoms with Crippen molar-refractivity contribution >= 4 is 15.9 Å². The molecule has 0 radical (unpaired) electrons. The van der Waals surface area contributed by atoms with Gasteiger partial charge in [0.1, 0.15) is 0 Å². The van der Waals surface area contributed by atoms with E-state index < -0.39 is 0 Å². The number of hydrogen-bond acceptors (Lipinski definition) is 2. The van der Waals surface area contributed by atoms with Gasteiger partial charge in [-0.15, -0.1) is 0 Å². The maximum Gasteiger partial charge on any atom is 0.266 e. The normalized spacial score (nSPS) is 10.5. The number of nitrogens with zero attached hydrogens (tertiary/aromatic N) is 2. The van der Waals surface area contributed by atoms with E-state index in [1.165, 1.54) is 4.68 Å². The van der Waals surface area contributed by atoms with Gasteiger partial charge in [-0.1, -0.05) is 40.2 Å². The van der Waals surface area contributed by atoms with Gasteiger partial charge < -0.3 is 0 Å². The number of hydrogen-bond donors (Lipinski definition) is 0. The van der Waals surface area contributed by atoms with Crippen molar-refractivity contribution in [3.63, 3.8) is 0 Å². The summed E-state index contributed by atoms with van der Waals surface area (Å²) in [6.07, 6.45) is 0. The third-order valence-electron chi connectivity index (χ3n) is 2.58. The Labute approximate surface area is 108 Å². The van der Waals surface area contributed by atoms with Crippen LogP contribution in [0.3, 0.4) is 0 Å². The molecule has 1 aromatic carbocycles. The highest BCUT2D eigenvalue weighted by Gasteiger charge is 2.04. The first kappa shape index (κ1) is 12.0. The Bertz CT molecular complexity index is 578. The molecule has 0 amide bonds. The molecule has 1 aromatic heterocycles. The van der Waals surface area contributed by atoms with Gasteiger partial charge in [-0.25, -0.2) is 4.68 Å². The van der Waals surface area contributed by atoms with Crippen LogP contribution in [0.15, 0.2) is 41.2 Å². The molecule has 17 heavy (non-hydrogen) atoms. The van der Waals surface area contributed by atoms with Crippen molar-refractivity contribution in [2.45, 2.75) is 13.5 Å². The standard InChI is InChI=1S/C13H13BrN2O/c1-10-4-2-3-5-11(10)12-6-7-13(17)16(15-12)9-8-14/h2-7H,8-9H2,1H3. The van der Waals surface area contributed by atoms with E-state index in [1.807, 2.05) is 31.2 Å². The second-order valence-corrected chi connectivity index (χ2v) is 4.58. The lowest BCUT2D eigenvalue weighted by atomic mass is 10.1. The summed E-state index contributed by atoms with van der Waals surface area (Å²) >= 11 is 3.32. The summed E-state index contributed by atoms with van der Waals surface area (Å²) in [5.41, 5.74) is 2.99. The summed E-state index contributed by atoms with van der Waals surface area (Å²) in [5, 5.41) is 5.09. The zero-order chi connectivity index (χ0) is 12.3. The maximum absolute atomic E-state index is 11.6. The van der Waals surface area contributed by atoms with Gasteiger partial charge in [-0.2, -0.15) is 5.10 Å². The minimum absolute atomic E-state index is 0.0678. The summed E-state index contributed by atoms with van der Waals surface area (Å²) in [4.78, 5) is 11.6. The molecule has 3 nitrogen and oxygen atoms in total. The summed E-state index contributed by atoms with van der Waals surface area (Å²) in [6, 6.07) is 11.4. The van der Waals surface area contributed by atoms with Gasteiger partial charge in [0.15, 0.2) is 0 Å². The molecule has 1 heterocycles. The Morgan fingerprint density at radius 1 is 1.24 bits per heavy atom. The Hall–Kier alpha value is -1.42. The van der Waals surface area contributed by atoms with Crippen LogP contribution in [0.25, 0.3) is 11.3 Å². The molecule has 2 aromatic rings. The Kier molecular flexibility index (Phi) is 3.74. The fraction of sp³-hybridized carbons (Fsp3) is 0.231. The van der Waals surface area contributed by atoms with E-state index in [2.05, 4.69) is 21.0 Å². The molecule has 4 heteroatoms. The van der Waals surface area contributed by atoms with Gasteiger partial charge in [0.25, 0.3) is 5.56 Å². The van der Waals surface area contributed by atoms with Crippen LogP contribution in [0.1, 0.15) is 5.56 Å². The highest BCUT2D eigenvalue weighted by molar-refractivity contribution is 9.09. The first-order valence-electron chi connectivity index (χ1n) is 5.42. The van der Waals surface area contributed by atoms with E-state index in [4.69, 9.17) is 0 Å². The van der Waals surface area contributed by atoms with Crippen LogP contribution in [-0.4, -0.2) is 15.1 Å². The van der Waals surface area contributed by atoms with Gasteiger partial charge >= 0.3 is 0 Å². The van der Waals surface area contributed by atoms with Crippen LogP contribution in [-0.2, 0) is 6.54 Å². The van der Waals surface area contributed by atoms with E-state index in [1.54, 1.807) is 12.1 Å². The molecule has 0 bridgehead atoms. The molecule has 88 valence electrons. The molecule has 0 unspecified atom stereocenters. The van der Waals surface area contributed by atoms with Crippen molar-refractivity contribution in [3.8, 4) is 11.3 Å². The second kappa shape index (κ2) is 5.27. The molecule has 0 atom stereocenters. The highest BCUT2D eigenvalue weighted by Crippen LogP contribution is 2.19. The summed E-state index contributed by atoms with van der Waals surface area (Å²) < 4.78 is 1.48. The molecule has 0 N–H and O–H groups in total. The van der Waals surface area contributed by atoms with Crippen molar-refractivity contribution in [3.05, 3.63) is 52.3 Å². The molecular formula is C13H13BrN2O. The van der Waals surface area contributed by atoms with Crippen LogP contribution in [0.5, 0.6) is 0 Å². The van der Waals surface area contributed by atoms with Crippen molar-refractivity contribution in [2.24, 2.45) is 0 Å². The quantitative estimate of drug-likeness (QED) is 0.815. The van der Waals surface area contributed by atoms with Gasteiger partial charge in [-0.05, 0) is 18.6 Å². The number of aryl methyl sites for hydroxylation is 2. The van der Waals surface area contributed by atoms with E-state index in [9.17, 15) is 4.79 Å². The van der Waals surface area contributed by atoms with E-state index in [0.717, 1.165) is 22.2 Å². The van der Waals surface area contributed by atoms with Gasteiger partial charge in [0.2, 0.25) is 0 Å². The highest BCUT2D eigenvalue weighted by atomic mass is 79.9. The summed E-state index contributed by atoms with van der Waals surface area (Å²) in [5.74, 6) is 0. The fourth-order valence-corrected chi connectivity index (χ4v) is 2.03. The van der Waals surface area contributed by atoms with Crippen LogP contribution < -0.4 is 5.56 Å². The predicted molar refractivity (Wildman–Crippen MR) is 72.5 cm³/mol. The Morgan fingerprint density at radius 3 is 2.71 bits per heavy atom. The average Bonchev–Trinajstić information content (AvgIpc) is 2.33. The minimum atomic E-state index is -0.0678. The lowest BCUT2D eigenvalue weighted by Gasteiger charge is -2.07.